The van der Waals surface area contributed by atoms with Crippen molar-refractivity contribution in [3.05, 3.63) is 64.1 Å². The van der Waals surface area contributed by atoms with Crippen molar-refractivity contribution in [1.82, 2.24) is 4.90 Å². The molecule has 1 N–H and O–H groups in total. The Bertz CT molecular complexity index is 934. The number of carbonyl (C=O) groups excluding carboxylic acids is 2. The lowest BCUT2D eigenvalue weighted by Gasteiger charge is -2.20. The van der Waals surface area contributed by atoms with Crippen LogP contribution in [0.25, 0.3) is 6.08 Å². The average molecular weight is 410 g/mol. The first-order valence-electron chi connectivity index (χ1n) is 9.84. The van der Waals surface area contributed by atoms with Gasteiger partial charge in [-0.2, -0.15) is 0 Å². The van der Waals surface area contributed by atoms with Crippen molar-refractivity contribution in [2.45, 2.75) is 27.7 Å². The molecule has 0 spiro atoms. The normalized spacial score (nSPS) is 15.3. The standard InChI is InChI=1S/C23H27N3O2S/c1-5-25(6-2)19-11-9-18(10-12-19)14-21-22(27)26(23(28)29-21)15-24-20-13-16(3)7-8-17(20)4/h7-14,24H,5-6,15H2,1-4H3. The molecule has 1 fully saturated rings. The van der Waals surface area contributed by atoms with E-state index in [1.54, 1.807) is 6.08 Å². The van der Waals surface area contributed by atoms with E-state index in [9.17, 15) is 9.59 Å². The van der Waals surface area contributed by atoms with Gasteiger partial charge in [-0.1, -0.05) is 24.3 Å². The Kier molecular flexibility index (Phi) is 6.64. The summed E-state index contributed by atoms with van der Waals surface area (Å²) in [5.74, 6) is -0.259. The molecule has 0 saturated carbocycles. The number of rotatable bonds is 7. The van der Waals surface area contributed by atoms with E-state index in [-0.39, 0.29) is 17.8 Å². The molecule has 6 heteroatoms. The molecule has 5 nitrogen and oxygen atoms in total. The second kappa shape index (κ2) is 9.18. The maximum atomic E-state index is 12.7. The van der Waals surface area contributed by atoms with E-state index in [1.807, 2.05) is 56.3 Å². The van der Waals surface area contributed by atoms with Gasteiger partial charge in [-0.05, 0) is 80.4 Å². The summed E-state index contributed by atoms with van der Waals surface area (Å²) in [6.45, 7) is 10.3. The van der Waals surface area contributed by atoms with Gasteiger partial charge in [0.15, 0.2) is 0 Å². The maximum absolute atomic E-state index is 12.7. The van der Waals surface area contributed by atoms with Crippen LogP contribution in [0.4, 0.5) is 16.2 Å². The topological polar surface area (TPSA) is 52.7 Å². The molecule has 2 aromatic carbocycles. The Morgan fingerprint density at radius 2 is 1.72 bits per heavy atom. The van der Waals surface area contributed by atoms with Crippen LogP contribution in [-0.2, 0) is 4.79 Å². The summed E-state index contributed by atoms with van der Waals surface area (Å²) in [7, 11) is 0. The van der Waals surface area contributed by atoms with Crippen LogP contribution in [0.1, 0.15) is 30.5 Å². The van der Waals surface area contributed by atoms with Crippen LogP contribution in [0.15, 0.2) is 47.4 Å². The Morgan fingerprint density at radius 1 is 1.03 bits per heavy atom. The molecule has 0 bridgehead atoms. The molecular weight excluding hydrogens is 382 g/mol. The zero-order valence-corrected chi connectivity index (χ0v) is 18.2. The largest absolute Gasteiger partial charge is 0.372 e. The fourth-order valence-corrected chi connectivity index (χ4v) is 4.09. The molecule has 1 saturated heterocycles. The fraction of sp³-hybridized carbons (Fsp3) is 0.304. The Balaban J connectivity index is 1.70. The summed E-state index contributed by atoms with van der Waals surface area (Å²) >= 11 is 0.987. The molecule has 3 rings (SSSR count). The summed E-state index contributed by atoms with van der Waals surface area (Å²) < 4.78 is 0. The highest BCUT2D eigenvalue weighted by atomic mass is 32.2. The monoisotopic (exact) mass is 409 g/mol. The quantitative estimate of drug-likeness (QED) is 0.633. The number of carbonyl (C=O) groups is 2. The van der Waals surface area contributed by atoms with Gasteiger partial charge in [0.2, 0.25) is 0 Å². The number of nitrogens with zero attached hydrogens (tertiary/aromatic N) is 2. The molecule has 29 heavy (non-hydrogen) atoms. The van der Waals surface area contributed by atoms with Gasteiger partial charge in [-0.25, -0.2) is 0 Å². The SMILES string of the molecule is CCN(CC)c1ccc(C=C2SC(=O)N(CNc3cc(C)ccc3C)C2=O)cc1. The number of aryl methyl sites for hydroxylation is 2. The van der Waals surface area contributed by atoms with E-state index in [0.717, 1.165) is 52.9 Å². The van der Waals surface area contributed by atoms with Crippen molar-refractivity contribution in [3.63, 3.8) is 0 Å². The lowest BCUT2D eigenvalue weighted by molar-refractivity contribution is -0.122. The van der Waals surface area contributed by atoms with E-state index in [4.69, 9.17) is 0 Å². The van der Waals surface area contributed by atoms with Crippen molar-refractivity contribution in [2.24, 2.45) is 0 Å². The molecule has 0 unspecified atom stereocenters. The van der Waals surface area contributed by atoms with Gasteiger partial charge >= 0.3 is 0 Å². The van der Waals surface area contributed by atoms with Crippen LogP contribution in [-0.4, -0.2) is 35.8 Å². The van der Waals surface area contributed by atoms with Crippen LogP contribution in [0.2, 0.25) is 0 Å². The summed E-state index contributed by atoms with van der Waals surface area (Å²) in [5, 5.41) is 2.96. The number of nitrogens with one attached hydrogen (secondary N) is 1. The minimum atomic E-state index is -0.259. The summed E-state index contributed by atoms with van der Waals surface area (Å²) in [5.41, 5.74) is 5.19. The van der Waals surface area contributed by atoms with Crippen LogP contribution in [0.3, 0.4) is 0 Å². The van der Waals surface area contributed by atoms with E-state index in [2.05, 4.69) is 24.1 Å². The third-order valence-corrected chi connectivity index (χ3v) is 5.92. The van der Waals surface area contributed by atoms with Gasteiger partial charge in [0, 0.05) is 24.5 Å². The number of benzene rings is 2. The second-order valence-corrected chi connectivity index (χ2v) is 8.02. The molecule has 152 valence electrons. The predicted molar refractivity (Wildman–Crippen MR) is 122 cm³/mol. The smallest absolute Gasteiger partial charge is 0.295 e. The van der Waals surface area contributed by atoms with Gasteiger partial charge < -0.3 is 10.2 Å². The first-order valence-corrected chi connectivity index (χ1v) is 10.7. The number of anilines is 2. The number of hydrogen-bond acceptors (Lipinski definition) is 5. The zero-order valence-electron chi connectivity index (χ0n) is 17.4. The maximum Gasteiger partial charge on any atom is 0.295 e. The summed E-state index contributed by atoms with van der Waals surface area (Å²) in [6.07, 6.45) is 1.79. The first-order chi connectivity index (χ1) is 13.9. The lowest BCUT2D eigenvalue weighted by Crippen LogP contribution is -2.33. The molecule has 2 amide bonds. The van der Waals surface area contributed by atoms with Crippen molar-refractivity contribution < 1.29 is 9.59 Å². The van der Waals surface area contributed by atoms with Gasteiger partial charge in [-0.3, -0.25) is 14.5 Å². The summed E-state index contributed by atoms with van der Waals surface area (Å²) in [4.78, 5) is 29.1. The minimum Gasteiger partial charge on any atom is -0.372 e. The minimum absolute atomic E-state index is 0.160. The zero-order chi connectivity index (χ0) is 21.0. The van der Waals surface area contributed by atoms with E-state index < -0.39 is 0 Å². The van der Waals surface area contributed by atoms with Crippen molar-refractivity contribution in [2.75, 3.05) is 30.0 Å². The number of amides is 2. The van der Waals surface area contributed by atoms with Crippen molar-refractivity contribution >= 4 is 40.4 Å². The molecule has 0 atom stereocenters. The molecular formula is C23H27N3O2S. The van der Waals surface area contributed by atoms with Crippen LogP contribution in [0.5, 0.6) is 0 Å². The van der Waals surface area contributed by atoms with Crippen molar-refractivity contribution in [1.29, 1.82) is 0 Å². The van der Waals surface area contributed by atoms with Crippen LogP contribution >= 0.6 is 11.8 Å². The van der Waals surface area contributed by atoms with Gasteiger partial charge in [0.05, 0.1) is 11.6 Å². The van der Waals surface area contributed by atoms with Crippen LogP contribution < -0.4 is 10.2 Å². The first kappa shape index (κ1) is 21.0. The highest BCUT2D eigenvalue weighted by Gasteiger charge is 2.34. The third-order valence-electron chi connectivity index (χ3n) is 5.01. The molecule has 1 aliphatic heterocycles. The lowest BCUT2D eigenvalue weighted by atomic mass is 10.1. The molecule has 2 aromatic rings. The van der Waals surface area contributed by atoms with E-state index in [0.29, 0.717) is 4.91 Å². The Labute approximate surface area is 176 Å². The van der Waals surface area contributed by atoms with Gasteiger partial charge in [0.1, 0.15) is 0 Å². The average Bonchev–Trinajstić information content (AvgIpc) is 2.97. The van der Waals surface area contributed by atoms with Gasteiger partial charge in [0.25, 0.3) is 11.1 Å². The molecule has 1 heterocycles. The third kappa shape index (κ3) is 4.82. The Morgan fingerprint density at radius 3 is 2.38 bits per heavy atom. The summed E-state index contributed by atoms with van der Waals surface area (Å²) in [6, 6.07) is 14.1. The highest BCUT2D eigenvalue weighted by Crippen LogP contribution is 2.32. The fourth-order valence-electron chi connectivity index (χ4n) is 3.25. The Hall–Kier alpha value is -2.73. The van der Waals surface area contributed by atoms with Crippen LogP contribution in [0, 0.1) is 13.8 Å². The van der Waals surface area contributed by atoms with E-state index in [1.165, 1.54) is 4.90 Å². The molecule has 1 aliphatic rings. The highest BCUT2D eigenvalue weighted by molar-refractivity contribution is 8.18. The predicted octanol–water partition coefficient (Wildman–Crippen LogP) is 5.26. The molecule has 0 aliphatic carbocycles. The number of imide groups is 1. The number of hydrogen-bond donors (Lipinski definition) is 1. The molecule has 0 aromatic heterocycles. The van der Waals surface area contributed by atoms with Crippen molar-refractivity contribution in [3.8, 4) is 0 Å². The number of thioether (sulfide) groups is 1. The van der Waals surface area contributed by atoms with E-state index >= 15 is 0 Å². The second-order valence-electron chi connectivity index (χ2n) is 7.03. The molecule has 0 radical (unpaired) electrons. The van der Waals surface area contributed by atoms with Gasteiger partial charge in [-0.15, -0.1) is 0 Å².